The van der Waals surface area contributed by atoms with E-state index in [1.807, 2.05) is 31.9 Å². The molecule has 2 fully saturated rings. The molecule has 5 rings (SSSR count). The van der Waals surface area contributed by atoms with Gasteiger partial charge in [-0.3, -0.25) is 19.2 Å². The third-order valence-corrected chi connectivity index (χ3v) is 8.63. The first-order valence-corrected chi connectivity index (χ1v) is 14.9. The summed E-state index contributed by atoms with van der Waals surface area (Å²) in [5.74, 6) is -0.643. The van der Waals surface area contributed by atoms with Gasteiger partial charge in [0, 0.05) is 33.2 Å². The molecule has 2 aromatic heterocycles. The van der Waals surface area contributed by atoms with Gasteiger partial charge in [0.1, 0.15) is 17.3 Å². The molecule has 0 aliphatic carbocycles. The minimum Gasteiger partial charge on any atom is -0.378 e. The molecule has 0 radical (unpaired) electrons. The van der Waals surface area contributed by atoms with Crippen molar-refractivity contribution in [2.45, 2.75) is 97.0 Å². The molecule has 0 bridgehead atoms. The summed E-state index contributed by atoms with van der Waals surface area (Å²) < 4.78 is 12.4. The predicted molar refractivity (Wildman–Crippen MR) is 152 cm³/mol. The number of carbonyl (C=O) groups is 4. The van der Waals surface area contributed by atoms with Gasteiger partial charge in [0.15, 0.2) is 5.76 Å². The van der Waals surface area contributed by atoms with Crippen LogP contribution in [0.4, 0.5) is 0 Å². The topological polar surface area (TPSA) is 165 Å². The summed E-state index contributed by atoms with van der Waals surface area (Å²) in [5.41, 5.74) is 0.292. The quantitative estimate of drug-likeness (QED) is 0.531. The van der Waals surface area contributed by atoms with Crippen molar-refractivity contribution in [2.75, 3.05) is 26.7 Å². The first-order chi connectivity index (χ1) is 20.4. The number of rotatable bonds is 4. The Balaban J connectivity index is 1.42. The summed E-state index contributed by atoms with van der Waals surface area (Å²) in [5, 5.41) is 18.4. The van der Waals surface area contributed by atoms with Gasteiger partial charge in [-0.15, -0.1) is 5.10 Å². The van der Waals surface area contributed by atoms with Gasteiger partial charge in [0.2, 0.25) is 17.7 Å². The van der Waals surface area contributed by atoms with Crippen LogP contribution in [0.3, 0.4) is 0 Å². The fourth-order valence-corrected chi connectivity index (χ4v) is 6.34. The molecule has 2 N–H and O–H groups in total. The molecule has 2 saturated heterocycles. The van der Waals surface area contributed by atoms with Gasteiger partial charge in [0.25, 0.3) is 5.91 Å². The number of hydrogen-bond acceptors (Lipinski definition) is 9. The van der Waals surface area contributed by atoms with E-state index in [1.165, 1.54) is 0 Å². The molecule has 3 aliphatic heterocycles. The third-order valence-electron chi connectivity index (χ3n) is 8.63. The van der Waals surface area contributed by atoms with Gasteiger partial charge in [-0.25, -0.2) is 4.68 Å². The van der Waals surface area contributed by atoms with Gasteiger partial charge < -0.3 is 29.7 Å². The molecule has 0 saturated carbocycles. The van der Waals surface area contributed by atoms with Gasteiger partial charge in [0.05, 0.1) is 43.0 Å². The molecule has 0 unspecified atom stereocenters. The second-order valence-electron chi connectivity index (χ2n) is 13.2. The minimum atomic E-state index is -0.897. The number of likely N-dealkylation sites (tertiary alicyclic amines) is 1. The highest BCUT2D eigenvalue weighted by molar-refractivity contribution is 5.97. The Morgan fingerprint density at radius 2 is 1.93 bits per heavy atom. The lowest BCUT2D eigenvalue weighted by atomic mass is 9.82. The summed E-state index contributed by atoms with van der Waals surface area (Å²) in [6.07, 6.45) is 3.99. The van der Waals surface area contributed by atoms with Gasteiger partial charge in [-0.05, 0) is 38.0 Å². The Morgan fingerprint density at radius 1 is 1.19 bits per heavy atom. The fourth-order valence-electron chi connectivity index (χ4n) is 6.34. The maximum Gasteiger partial charge on any atom is 0.257 e. The van der Waals surface area contributed by atoms with Crippen molar-refractivity contribution in [3.05, 3.63) is 28.9 Å². The van der Waals surface area contributed by atoms with Crippen molar-refractivity contribution >= 4 is 23.6 Å². The van der Waals surface area contributed by atoms with Gasteiger partial charge in [-0.2, -0.15) is 0 Å². The van der Waals surface area contributed by atoms with Crippen LogP contribution in [0, 0.1) is 12.3 Å². The monoisotopic (exact) mass is 598 g/mol. The minimum absolute atomic E-state index is 0.00939. The standard InChI is InChI=1S/C29H42N8O6/c1-18-25-22(43-33-18)15-30-26(40)21-12-20(37-16-19(17-42-5)32-34-37)6-9-36(21)24(39)14-29(31-27(25)41)7-10-35(11-8-29)23(38)13-28(2,3)4/h16,20-21H,6-15,17H2,1-5H3,(H,30,40)(H,31,41)/t20-,21-/m0/s1. The van der Waals surface area contributed by atoms with Crippen LogP contribution in [0.5, 0.6) is 0 Å². The van der Waals surface area contributed by atoms with Crippen molar-refractivity contribution in [3.8, 4) is 0 Å². The van der Waals surface area contributed by atoms with Crippen LogP contribution in [0.2, 0.25) is 0 Å². The maximum absolute atomic E-state index is 14.0. The van der Waals surface area contributed by atoms with Crippen LogP contribution in [0.25, 0.3) is 0 Å². The molecular weight excluding hydrogens is 556 g/mol. The van der Waals surface area contributed by atoms with Gasteiger partial charge >= 0.3 is 0 Å². The Labute approximate surface area is 250 Å². The second-order valence-corrected chi connectivity index (χ2v) is 13.2. The largest absolute Gasteiger partial charge is 0.378 e. The number of nitrogens with one attached hydrogen (secondary N) is 2. The second kappa shape index (κ2) is 12.1. The lowest BCUT2D eigenvalue weighted by molar-refractivity contribution is -0.145. The SMILES string of the molecule is COCc1cn([C@H]2CCN3C(=O)CC4(CCN(C(=O)CC(C)(C)C)CC4)NC(=O)c4c(C)noc4CNC(=O)[C@@H]3C2)nn1. The number of piperidine rings is 2. The van der Waals surface area contributed by atoms with Crippen LogP contribution < -0.4 is 10.6 Å². The van der Waals surface area contributed by atoms with E-state index < -0.39 is 17.5 Å². The maximum atomic E-state index is 14.0. The Morgan fingerprint density at radius 3 is 2.63 bits per heavy atom. The van der Waals surface area contributed by atoms with E-state index in [0.717, 1.165) is 0 Å². The van der Waals surface area contributed by atoms with E-state index in [9.17, 15) is 19.2 Å². The zero-order valence-corrected chi connectivity index (χ0v) is 25.6. The predicted octanol–water partition coefficient (Wildman–Crippen LogP) is 1.50. The van der Waals surface area contributed by atoms with Crippen LogP contribution >= 0.6 is 0 Å². The Kier molecular flexibility index (Phi) is 8.59. The first kappa shape index (κ1) is 30.6. The normalized spacial score (nSPS) is 23.1. The summed E-state index contributed by atoms with van der Waals surface area (Å²) in [4.78, 5) is 57.7. The molecule has 14 heteroatoms. The van der Waals surface area contributed by atoms with Crippen molar-refractivity contribution in [2.24, 2.45) is 5.41 Å². The highest BCUT2D eigenvalue weighted by atomic mass is 16.5. The molecule has 2 atom stereocenters. The van der Waals surface area contributed by atoms with Crippen molar-refractivity contribution in [1.29, 1.82) is 0 Å². The summed E-state index contributed by atoms with van der Waals surface area (Å²) in [6, 6.07) is -0.894. The molecule has 1 spiro atoms. The molecule has 2 aromatic rings. The van der Waals surface area contributed by atoms with Crippen molar-refractivity contribution < 1.29 is 28.4 Å². The number of aromatic nitrogens is 4. The van der Waals surface area contributed by atoms with E-state index >= 15 is 0 Å². The Hall–Kier alpha value is -3.81. The number of ether oxygens (including phenoxy) is 1. The average molecular weight is 599 g/mol. The van der Waals surface area contributed by atoms with Crippen molar-refractivity contribution in [1.82, 2.24) is 40.6 Å². The number of carbonyl (C=O) groups excluding carboxylic acids is 4. The highest BCUT2D eigenvalue weighted by Crippen LogP contribution is 2.33. The number of aryl methyl sites for hydroxylation is 1. The van der Waals surface area contributed by atoms with E-state index in [0.29, 0.717) is 69.7 Å². The van der Waals surface area contributed by atoms with E-state index in [4.69, 9.17) is 9.26 Å². The number of amides is 4. The van der Waals surface area contributed by atoms with Crippen LogP contribution in [0.15, 0.2) is 10.7 Å². The van der Waals surface area contributed by atoms with Crippen molar-refractivity contribution in [3.63, 3.8) is 0 Å². The van der Waals surface area contributed by atoms with Gasteiger partial charge in [-0.1, -0.05) is 31.1 Å². The van der Waals surface area contributed by atoms with Crippen LogP contribution in [-0.4, -0.2) is 91.9 Å². The third kappa shape index (κ3) is 6.73. The molecule has 3 aliphatic rings. The summed E-state index contributed by atoms with van der Waals surface area (Å²) in [6.45, 7) is 9.20. The zero-order valence-electron chi connectivity index (χ0n) is 25.6. The first-order valence-electron chi connectivity index (χ1n) is 14.9. The van der Waals surface area contributed by atoms with E-state index in [-0.39, 0.29) is 53.5 Å². The highest BCUT2D eigenvalue weighted by Gasteiger charge is 2.45. The Bertz CT molecular complexity index is 1370. The molecule has 5 heterocycles. The number of nitrogens with zero attached hydrogens (tertiary/aromatic N) is 6. The van der Waals surface area contributed by atoms with E-state index in [2.05, 4.69) is 26.1 Å². The molecule has 43 heavy (non-hydrogen) atoms. The lowest BCUT2D eigenvalue weighted by Gasteiger charge is -2.45. The lowest BCUT2D eigenvalue weighted by Crippen LogP contribution is -2.60. The molecule has 0 aromatic carbocycles. The van der Waals surface area contributed by atoms with E-state index in [1.54, 1.807) is 23.6 Å². The summed E-state index contributed by atoms with van der Waals surface area (Å²) in [7, 11) is 1.59. The van der Waals surface area contributed by atoms with Crippen LogP contribution in [0.1, 0.15) is 92.8 Å². The zero-order chi connectivity index (χ0) is 30.9. The molecule has 4 amide bonds. The molecular formula is C29H42N8O6. The molecule has 234 valence electrons. The smallest absolute Gasteiger partial charge is 0.257 e. The number of fused-ring (bicyclic) bond motifs is 2. The number of hydrogen-bond donors (Lipinski definition) is 2. The summed E-state index contributed by atoms with van der Waals surface area (Å²) >= 11 is 0. The number of methoxy groups -OCH3 is 1. The fraction of sp³-hybridized carbons (Fsp3) is 0.690. The average Bonchev–Trinajstić information content (AvgIpc) is 3.56. The van der Waals surface area contributed by atoms with Crippen LogP contribution in [-0.2, 0) is 32.3 Å². The molecule has 14 nitrogen and oxygen atoms in total.